The van der Waals surface area contributed by atoms with Gasteiger partial charge in [0.1, 0.15) is 54.0 Å². The van der Waals surface area contributed by atoms with Gasteiger partial charge in [-0.2, -0.15) is 0 Å². The Morgan fingerprint density at radius 2 is 1.53 bits per heavy atom. The summed E-state index contributed by atoms with van der Waals surface area (Å²) < 4.78 is 67.7. The lowest BCUT2D eigenvalue weighted by molar-refractivity contribution is -0.928. The monoisotopic (exact) mass is 1150 g/mol. The molecule has 0 aliphatic carbocycles. The number of fused-ring (bicyclic) bond motifs is 1. The van der Waals surface area contributed by atoms with Crippen molar-refractivity contribution in [2.24, 2.45) is 0 Å². The Hall–Kier alpha value is -6.77. The quantitative estimate of drug-likeness (QED) is 0.0369. The summed E-state index contributed by atoms with van der Waals surface area (Å²) in [6.07, 6.45) is 1.70. The zero-order chi connectivity index (χ0) is 55.8. The maximum absolute atomic E-state index is 14.6. The molecule has 1 aliphatic heterocycles. The van der Waals surface area contributed by atoms with Gasteiger partial charge < -0.3 is 42.7 Å². The van der Waals surface area contributed by atoms with Crippen molar-refractivity contribution < 1.29 is 61.0 Å². The summed E-state index contributed by atoms with van der Waals surface area (Å²) in [4.78, 5) is 55.1. The number of benzene rings is 5. The third-order valence-electron chi connectivity index (χ3n) is 13.6. The summed E-state index contributed by atoms with van der Waals surface area (Å²) in [7, 11) is 0.461. The first kappa shape index (κ1) is 56.9. The number of hydrogen-bond acceptors (Lipinski definition) is 15. The molecule has 4 heterocycles. The van der Waals surface area contributed by atoms with Crippen LogP contribution in [-0.2, 0) is 38.3 Å². The molecule has 9 rings (SSSR count). The molecule has 2 N–H and O–H groups in total. The van der Waals surface area contributed by atoms with Gasteiger partial charge in [0.05, 0.1) is 61.0 Å². The van der Waals surface area contributed by atoms with Crippen LogP contribution in [0.1, 0.15) is 27.9 Å². The number of rotatable bonds is 22. The number of aromatic nitrogens is 4. The van der Waals surface area contributed by atoms with Crippen molar-refractivity contribution in [3.05, 3.63) is 159 Å². The number of halogens is 3. The van der Waals surface area contributed by atoms with Crippen LogP contribution in [0.2, 0.25) is 10.0 Å². The van der Waals surface area contributed by atoms with Gasteiger partial charge in [-0.1, -0.05) is 77.8 Å². The Morgan fingerprint density at radius 1 is 0.835 bits per heavy atom. The molecule has 22 heteroatoms. The number of ether oxygens (including phenoxy) is 6. The molecule has 0 amide bonds. The first-order chi connectivity index (χ1) is 38.0. The van der Waals surface area contributed by atoms with Gasteiger partial charge >= 0.3 is 13.8 Å². The van der Waals surface area contributed by atoms with Crippen LogP contribution < -0.4 is 23.7 Å². The second-order valence-electron chi connectivity index (χ2n) is 19.0. The molecule has 0 bridgehead atoms. The SMILES string of the molecule is COc1ccc(COC(=O)C(Cc2ccccc2OCc2ccnc(-c3ccccc3OC)n2)Oc2ncnc3sc(-c4ccc(F)cc4)c(-c4c(C)c(Cl)c(OCCN5CC[N+](C)(COP(=O)(O)O)CC5)c(Cl)c4C)c23)cc1. The molecule has 5 aromatic carbocycles. The van der Waals surface area contributed by atoms with Crippen molar-refractivity contribution in [1.29, 1.82) is 0 Å². The van der Waals surface area contributed by atoms with Crippen LogP contribution in [-0.4, -0.2) is 119 Å². The van der Waals surface area contributed by atoms with Crippen molar-refractivity contribution >= 4 is 58.5 Å². The number of carbonyl (C=O) groups is 1. The van der Waals surface area contributed by atoms with E-state index >= 15 is 0 Å². The van der Waals surface area contributed by atoms with Gasteiger partial charge in [0.2, 0.25) is 12.0 Å². The van der Waals surface area contributed by atoms with Crippen LogP contribution in [0.5, 0.6) is 28.9 Å². The molecule has 412 valence electrons. The minimum atomic E-state index is -4.60. The molecule has 0 saturated carbocycles. The third kappa shape index (κ3) is 13.6. The number of phosphoric ester groups is 1. The van der Waals surface area contributed by atoms with Gasteiger partial charge in [0, 0.05) is 42.7 Å². The summed E-state index contributed by atoms with van der Waals surface area (Å²) in [6.45, 7) is 6.89. The number of thiophene rings is 1. The van der Waals surface area contributed by atoms with Crippen molar-refractivity contribution in [1.82, 2.24) is 24.8 Å². The van der Waals surface area contributed by atoms with E-state index in [-0.39, 0.29) is 48.9 Å². The maximum atomic E-state index is 14.6. The molecule has 0 radical (unpaired) electrons. The maximum Gasteiger partial charge on any atom is 0.474 e. The molecule has 1 aliphatic rings. The van der Waals surface area contributed by atoms with E-state index in [9.17, 15) is 23.5 Å². The lowest BCUT2D eigenvalue weighted by Gasteiger charge is -2.41. The molecule has 1 unspecified atom stereocenters. The zero-order valence-electron chi connectivity index (χ0n) is 43.9. The van der Waals surface area contributed by atoms with E-state index in [2.05, 4.69) is 9.88 Å². The molecule has 3 aromatic heterocycles. The van der Waals surface area contributed by atoms with Gasteiger partial charge in [0.25, 0.3) is 0 Å². The van der Waals surface area contributed by atoms with E-state index in [1.54, 1.807) is 68.9 Å². The van der Waals surface area contributed by atoms with Crippen LogP contribution >= 0.6 is 42.4 Å². The van der Waals surface area contributed by atoms with Crippen molar-refractivity contribution in [2.45, 2.75) is 39.6 Å². The summed E-state index contributed by atoms with van der Waals surface area (Å²) >= 11 is 15.9. The molecule has 0 spiro atoms. The van der Waals surface area contributed by atoms with E-state index in [0.29, 0.717) is 120 Å². The van der Waals surface area contributed by atoms with Crippen LogP contribution in [0.15, 0.2) is 116 Å². The normalized spacial score (nSPS) is 13.9. The van der Waals surface area contributed by atoms with E-state index in [0.717, 1.165) is 11.1 Å². The Labute approximate surface area is 470 Å². The Balaban J connectivity index is 1.04. The lowest BCUT2D eigenvalue weighted by Crippen LogP contribution is -2.58. The molecule has 1 atom stereocenters. The number of nitrogens with zero attached hydrogens (tertiary/aromatic N) is 6. The van der Waals surface area contributed by atoms with E-state index in [1.165, 1.54) is 29.8 Å². The zero-order valence-corrected chi connectivity index (χ0v) is 47.1. The highest BCUT2D eigenvalue weighted by atomic mass is 35.5. The number of carbonyl (C=O) groups excluding carboxylic acids is 1. The number of quaternary nitrogens is 1. The second kappa shape index (κ2) is 25.1. The third-order valence-corrected chi connectivity index (χ3v) is 16.1. The predicted molar refractivity (Wildman–Crippen MR) is 299 cm³/mol. The number of phosphoric acid groups is 1. The first-order valence-corrected chi connectivity index (χ1v) is 28.1. The first-order valence-electron chi connectivity index (χ1n) is 25.0. The molecule has 8 aromatic rings. The largest absolute Gasteiger partial charge is 0.497 e. The number of esters is 1. The molecule has 79 heavy (non-hydrogen) atoms. The summed E-state index contributed by atoms with van der Waals surface area (Å²) in [5.41, 5.74) is 5.81. The number of likely N-dealkylation sites (N-methyl/N-ethyl adjacent to an activating group) is 1. The number of para-hydroxylation sites is 2. The standard InChI is InChI=1S/C57H56Cl2FN6O11PS/c1-35-47(36(2)51(59)52(50(35)58)73-29-26-65-24-27-66(3,28-25-65)34-76-78(68,69)70)48-49-55(62-33-63-56(49)79-53(48)38-16-18-40(60)19-17-38)77-46(57(67)75-31-37-14-20-42(71-4)21-15-37)30-39-10-6-8-12-44(39)74-32-41-22-23-61-54(64-41)43-11-7-9-13-45(43)72-5/h6-23,33,46H,24-32,34H2,1-5H3,(H-,68,69,70)/p+1. The van der Waals surface area contributed by atoms with Crippen molar-refractivity contribution in [3.8, 4) is 61.8 Å². The number of piperazine rings is 1. The second-order valence-corrected chi connectivity index (χ2v) is 22.0. The molecule has 1 saturated heterocycles. The number of hydrogen-bond donors (Lipinski definition) is 2. The van der Waals surface area contributed by atoms with Crippen molar-refractivity contribution in [3.63, 3.8) is 0 Å². The fourth-order valence-corrected chi connectivity index (χ4v) is 11.3. The van der Waals surface area contributed by atoms with E-state index < -0.39 is 25.7 Å². The van der Waals surface area contributed by atoms with Gasteiger partial charge in [-0.25, -0.2) is 38.2 Å². The van der Waals surface area contributed by atoms with Crippen molar-refractivity contribution in [2.75, 3.05) is 67.3 Å². The van der Waals surface area contributed by atoms with E-state index in [4.69, 9.17) is 71.1 Å². The average molecular weight is 1160 g/mol. The summed E-state index contributed by atoms with van der Waals surface area (Å²) in [6, 6.07) is 29.8. The van der Waals surface area contributed by atoms with Gasteiger partial charge in [-0.05, 0) is 95.8 Å². The van der Waals surface area contributed by atoms with Crippen LogP contribution in [0, 0.1) is 19.7 Å². The Kier molecular flexibility index (Phi) is 18.1. The molecule has 17 nitrogen and oxygen atoms in total. The smallest absolute Gasteiger partial charge is 0.474 e. The van der Waals surface area contributed by atoms with Gasteiger partial charge in [-0.3, -0.25) is 4.90 Å². The summed E-state index contributed by atoms with van der Waals surface area (Å²) in [5, 5.41) is 0.982. The average Bonchev–Trinajstić information content (AvgIpc) is 3.98. The minimum absolute atomic E-state index is 0.0215. The highest BCUT2D eigenvalue weighted by molar-refractivity contribution is 7.46. The van der Waals surface area contributed by atoms with Gasteiger partial charge in [-0.15, -0.1) is 11.3 Å². The molecular formula is C57H57Cl2FN6O11PS+. The van der Waals surface area contributed by atoms with Crippen LogP contribution in [0.3, 0.4) is 0 Å². The van der Waals surface area contributed by atoms with E-state index in [1.807, 2.05) is 63.4 Å². The summed E-state index contributed by atoms with van der Waals surface area (Å²) in [5.74, 6) is 1.48. The Morgan fingerprint density at radius 3 is 2.23 bits per heavy atom. The number of methoxy groups -OCH3 is 2. The minimum Gasteiger partial charge on any atom is -0.497 e. The van der Waals surface area contributed by atoms with Crippen LogP contribution in [0.25, 0.3) is 43.2 Å². The van der Waals surface area contributed by atoms with Gasteiger partial charge in [0.15, 0.2) is 18.3 Å². The Bertz CT molecular complexity index is 3480. The van der Waals surface area contributed by atoms with Crippen LogP contribution in [0.4, 0.5) is 4.39 Å². The highest BCUT2D eigenvalue weighted by Gasteiger charge is 2.34. The lowest BCUT2D eigenvalue weighted by atomic mass is 9.92. The highest BCUT2D eigenvalue weighted by Crippen LogP contribution is 2.53. The topological polar surface area (TPSA) is 194 Å². The molecule has 1 fully saturated rings. The fraction of sp³-hybridized carbons (Fsp3) is 0.281. The predicted octanol–water partition coefficient (Wildman–Crippen LogP) is 11.1. The fourth-order valence-electron chi connectivity index (χ4n) is 9.19. The molecular weight excluding hydrogens is 1100 g/mol.